The van der Waals surface area contributed by atoms with Crippen LogP contribution in [-0.2, 0) is 9.47 Å². The molecular formula is C9H18O6. The Morgan fingerprint density at radius 1 is 1.20 bits per heavy atom. The molecule has 0 radical (unpaired) electrons. The van der Waals surface area contributed by atoms with Crippen LogP contribution < -0.4 is 0 Å². The molecule has 0 aromatic rings. The summed E-state index contributed by atoms with van der Waals surface area (Å²) in [6, 6.07) is 0. The van der Waals surface area contributed by atoms with Crippen molar-refractivity contribution < 1.29 is 29.9 Å². The summed E-state index contributed by atoms with van der Waals surface area (Å²) in [6.07, 6.45) is -5.86. The van der Waals surface area contributed by atoms with Crippen molar-refractivity contribution in [3.8, 4) is 0 Å². The lowest BCUT2D eigenvalue weighted by Crippen LogP contribution is -2.60. The molecule has 1 heterocycles. The lowest BCUT2D eigenvalue weighted by atomic mass is 9.93. The summed E-state index contributed by atoms with van der Waals surface area (Å²) in [6.45, 7) is 1.25. The van der Waals surface area contributed by atoms with Crippen LogP contribution in [0.2, 0.25) is 0 Å². The maximum atomic E-state index is 9.63. The fourth-order valence-corrected chi connectivity index (χ4v) is 1.70. The second-order valence-corrected chi connectivity index (χ2v) is 3.73. The molecule has 1 fully saturated rings. The molecule has 0 spiro atoms. The van der Waals surface area contributed by atoms with E-state index in [0.717, 1.165) is 0 Å². The predicted molar refractivity (Wildman–Crippen MR) is 50.2 cm³/mol. The van der Waals surface area contributed by atoms with Gasteiger partial charge in [-0.05, 0) is 6.92 Å². The maximum Gasteiger partial charge on any atom is 0.115 e. The van der Waals surface area contributed by atoms with Crippen molar-refractivity contribution in [2.24, 2.45) is 0 Å². The second-order valence-electron chi connectivity index (χ2n) is 3.73. The average Bonchev–Trinajstić information content (AvgIpc) is 2.24. The van der Waals surface area contributed by atoms with Gasteiger partial charge in [-0.3, -0.25) is 0 Å². The van der Waals surface area contributed by atoms with E-state index in [0.29, 0.717) is 0 Å². The zero-order valence-electron chi connectivity index (χ0n) is 8.78. The van der Waals surface area contributed by atoms with Crippen LogP contribution in [0.1, 0.15) is 6.92 Å². The molecule has 6 nitrogen and oxygen atoms in total. The predicted octanol–water partition coefficient (Wildman–Crippen LogP) is -2.14. The summed E-state index contributed by atoms with van der Waals surface area (Å²) in [4.78, 5) is 0. The minimum absolute atomic E-state index is 0.326. The fraction of sp³-hybridized carbons (Fsp3) is 1.00. The lowest BCUT2D eigenvalue weighted by Gasteiger charge is -2.41. The van der Waals surface area contributed by atoms with Gasteiger partial charge in [0.05, 0.1) is 12.7 Å². The van der Waals surface area contributed by atoms with E-state index in [9.17, 15) is 15.3 Å². The molecule has 1 saturated heterocycles. The molecule has 0 saturated carbocycles. The molecule has 90 valence electrons. The number of hydrogen-bond donors (Lipinski definition) is 4. The first-order valence-corrected chi connectivity index (χ1v) is 4.86. The van der Waals surface area contributed by atoms with Gasteiger partial charge < -0.3 is 29.9 Å². The molecular weight excluding hydrogens is 204 g/mol. The van der Waals surface area contributed by atoms with Crippen LogP contribution in [0.4, 0.5) is 0 Å². The quantitative estimate of drug-likeness (QED) is 0.435. The highest BCUT2D eigenvalue weighted by atomic mass is 16.6. The third-order valence-electron chi connectivity index (χ3n) is 2.74. The van der Waals surface area contributed by atoms with Crippen molar-refractivity contribution in [2.45, 2.75) is 43.5 Å². The first kappa shape index (κ1) is 12.8. The van der Waals surface area contributed by atoms with Crippen LogP contribution in [-0.4, -0.2) is 70.8 Å². The number of methoxy groups -OCH3 is 1. The van der Waals surface area contributed by atoms with Crippen LogP contribution in [0.15, 0.2) is 0 Å². The molecule has 0 amide bonds. The molecule has 0 aromatic heterocycles. The van der Waals surface area contributed by atoms with Gasteiger partial charge in [-0.15, -0.1) is 0 Å². The molecule has 0 aliphatic carbocycles. The maximum absolute atomic E-state index is 9.63. The molecule has 15 heavy (non-hydrogen) atoms. The van der Waals surface area contributed by atoms with Crippen molar-refractivity contribution in [3.05, 3.63) is 0 Å². The highest BCUT2D eigenvalue weighted by molar-refractivity contribution is 4.93. The van der Waals surface area contributed by atoms with Gasteiger partial charge >= 0.3 is 0 Å². The first-order chi connectivity index (χ1) is 7.02. The molecule has 6 atom stereocenters. The summed E-state index contributed by atoms with van der Waals surface area (Å²) in [7, 11) is 1.37. The monoisotopic (exact) mass is 222 g/mol. The zero-order chi connectivity index (χ0) is 11.6. The molecule has 0 bridgehead atoms. The van der Waals surface area contributed by atoms with Gasteiger partial charge in [-0.1, -0.05) is 0 Å². The Morgan fingerprint density at radius 2 is 1.80 bits per heavy atom. The normalized spacial score (nSPS) is 44.0. The highest BCUT2D eigenvalue weighted by Gasteiger charge is 2.44. The van der Waals surface area contributed by atoms with E-state index < -0.39 is 36.6 Å². The number of ether oxygens (including phenoxy) is 2. The van der Waals surface area contributed by atoms with Gasteiger partial charge in [-0.25, -0.2) is 0 Å². The number of hydrogen-bond acceptors (Lipinski definition) is 6. The Morgan fingerprint density at radius 3 is 2.27 bits per heavy atom. The van der Waals surface area contributed by atoms with Gasteiger partial charge in [0.1, 0.15) is 30.5 Å². The van der Waals surface area contributed by atoms with Crippen LogP contribution in [0.5, 0.6) is 0 Å². The van der Waals surface area contributed by atoms with Crippen molar-refractivity contribution in [1.82, 2.24) is 0 Å². The van der Waals surface area contributed by atoms with E-state index in [2.05, 4.69) is 0 Å². The number of aliphatic hydroxyl groups excluding tert-OH is 4. The highest BCUT2D eigenvalue weighted by Crippen LogP contribution is 2.23. The van der Waals surface area contributed by atoms with Crippen molar-refractivity contribution >= 4 is 0 Å². The summed E-state index contributed by atoms with van der Waals surface area (Å²) in [5, 5.41) is 37.5. The van der Waals surface area contributed by atoms with Gasteiger partial charge in [-0.2, -0.15) is 0 Å². The van der Waals surface area contributed by atoms with E-state index in [1.54, 1.807) is 6.92 Å². The minimum atomic E-state index is -1.29. The van der Waals surface area contributed by atoms with E-state index in [4.69, 9.17) is 14.6 Å². The Labute approximate surface area is 88.1 Å². The van der Waals surface area contributed by atoms with Crippen molar-refractivity contribution in [2.75, 3.05) is 13.7 Å². The molecule has 6 heteroatoms. The van der Waals surface area contributed by atoms with Crippen LogP contribution in [0.25, 0.3) is 0 Å². The van der Waals surface area contributed by atoms with Crippen LogP contribution in [0, 0.1) is 0 Å². The first-order valence-electron chi connectivity index (χ1n) is 4.86. The second kappa shape index (κ2) is 5.20. The van der Waals surface area contributed by atoms with Crippen LogP contribution >= 0.6 is 0 Å². The van der Waals surface area contributed by atoms with E-state index >= 15 is 0 Å². The topological polar surface area (TPSA) is 99.4 Å². The minimum Gasteiger partial charge on any atom is -0.394 e. The van der Waals surface area contributed by atoms with Crippen molar-refractivity contribution in [1.29, 1.82) is 0 Å². The van der Waals surface area contributed by atoms with Gasteiger partial charge in [0.2, 0.25) is 0 Å². The standard InChI is InChI=1S/C9H18O6/c1-4-6(11)7(12)8(13)9(15-4)5(3-10)14-2/h4-13H,3H2,1-2H3/t4?,5-,6?,7-,8+,9?/m1/s1. The Balaban J connectivity index is 2.73. The SMILES string of the molecule is CO[C@H](CO)C1OC(C)C(O)[C@@H](O)[C@@H]1O. The molecule has 1 rings (SSSR count). The third kappa shape index (κ3) is 2.47. The smallest absolute Gasteiger partial charge is 0.115 e. The van der Waals surface area contributed by atoms with Crippen molar-refractivity contribution in [3.63, 3.8) is 0 Å². The van der Waals surface area contributed by atoms with Gasteiger partial charge in [0, 0.05) is 7.11 Å². The molecule has 4 N–H and O–H groups in total. The summed E-state index contributed by atoms with van der Waals surface area (Å²) in [5.74, 6) is 0. The molecule has 0 aromatic carbocycles. The fourth-order valence-electron chi connectivity index (χ4n) is 1.70. The van der Waals surface area contributed by atoms with Crippen LogP contribution in [0.3, 0.4) is 0 Å². The van der Waals surface area contributed by atoms with E-state index in [1.165, 1.54) is 7.11 Å². The van der Waals surface area contributed by atoms with Gasteiger partial charge in [0.25, 0.3) is 0 Å². The summed E-state index contributed by atoms with van der Waals surface area (Å²) in [5.41, 5.74) is 0. The lowest BCUT2D eigenvalue weighted by molar-refractivity contribution is -0.244. The van der Waals surface area contributed by atoms with E-state index in [1.807, 2.05) is 0 Å². The Hall–Kier alpha value is -0.240. The zero-order valence-corrected chi connectivity index (χ0v) is 8.78. The number of aliphatic hydroxyl groups is 4. The largest absolute Gasteiger partial charge is 0.394 e. The van der Waals surface area contributed by atoms with E-state index in [-0.39, 0.29) is 6.61 Å². The Kier molecular flexibility index (Phi) is 4.45. The summed E-state index contributed by atoms with van der Waals surface area (Å²) < 4.78 is 10.2. The number of rotatable bonds is 3. The van der Waals surface area contributed by atoms with Gasteiger partial charge in [0.15, 0.2) is 0 Å². The average molecular weight is 222 g/mol. The molecule has 1 aliphatic rings. The summed E-state index contributed by atoms with van der Waals surface area (Å²) >= 11 is 0. The molecule has 1 aliphatic heterocycles. The Bertz CT molecular complexity index is 195. The molecule has 3 unspecified atom stereocenters. The third-order valence-corrected chi connectivity index (χ3v) is 2.74.